The van der Waals surface area contributed by atoms with Gasteiger partial charge in [0.05, 0.1) is 9.93 Å². The van der Waals surface area contributed by atoms with Crippen molar-refractivity contribution in [3.63, 3.8) is 0 Å². The Morgan fingerprint density at radius 3 is 2.58 bits per heavy atom. The Hall–Kier alpha value is -2.03. The number of amides is 3. The van der Waals surface area contributed by atoms with Crippen molar-refractivity contribution < 1.29 is 18.8 Å². The van der Waals surface area contributed by atoms with Crippen LogP contribution in [0.15, 0.2) is 44.1 Å². The predicted molar refractivity (Wildman–Crippen MR) is 125 cm³/mol. The fourth-order valence-corrected chi connectivity index (χ4v) is 4.80. The van der Waals surface area contributed by atoms with Gasteiger partial charge in [0.2, 0.25) is 5.91 Å². The molecule has 2 aliphatic rings. The van der Waals surface area contributed by atoms with Crippen molar-refractivity contribution in [1.82, 2.24) is 9.80 Å². The number of carbonyl (C=O) groups is 3. The Morgan fingerprint density at radius 1 is 1.13 bits per heavy atom. The van der Waals surface area contributed by atoms with Gasteiger partial charge in [-0.15, -0.1) is 0 Å². The molecule has 0 radical (unpaired) electrons. The molecule has 2 aromatic rings. The summed E-state index contributed by atoms with van der Waals surface area (Å²) in [5.41, 5.74) is 0.795. The number of benzene rings is 1. The number of furan rings is 1. The van der Waals surface area contributed by atoms with Gasteiger partial charge in [0.1, 0.15) is 18.1 Å². The van der Waals surface area contributed by atoms with Gasteiger partial charge in [0.25, 0.3) is 11.1 Å². The number of nitrogens with zero attached hydrogens (tertiary/aromatic N) is 2. The van der Waals surface area contributed by atoms with Crippen molar-refractivity contribution in [2.45, 2.75) is 25.7 Å². The number of imide groups is 1. The summed E-state index contributed by atoms with van der Waals surface area (Å²) in [5, 5.41) is 0.122. The highest BCUT2D eigenvalue weighted by atomic mass is 79.9. The third kappa shape index (κ3) is 5.07. The van der Waals surface area contributed by atoms with Crippen LogP contribution in [-0.4, -0.2) is 46.5 Å². The first-order chi connectivity index (χ1) is 14.9. The van der Waals surface area contributed by atoms with E-state index >= 15 is 0 Å². The molecule has 2 saturated heterocycles. The Morgan fingerprint density at radius 2 is 1.87 bits per heavy atom. The van der Waals surface area contributed by atoms with E-state index in [4.69, 9.17) is 16.0 Å². The summed E-state index contributed by atoms with van der Waals surface area (Å²) in [4.78, 5) is 40.7. The minimum absolute atomic E-state index is 0.183. The lowest BCUT2D eigenvalue weighted by atomic mass is 10.2. The number of likely N-dealkylation sites (tertiary alicyclic amines) is 1. The summed E-state index contributed by atoms with van der Waals surface area (Å²) in [5.74, 6) is 0.385. The first kappa shape index (κ1) is 22.2. The van der Waals surface area contributed by atoms with Gasteiger partial charge >= 0.3 is 0 Å². The lowest BCUT2D eigenvalue weighted by Crippen LogP contribution is -2.42. The van der Waals surface area contributed by atoms with Gasteiger partial charge in [-0.3, -0.25) is 19.3 Å². The molecule has 2 fully saturated rings. The number of carbonyl (C=O) groups excluding carboxylic acids is 3. The number of hydrogen-bond acceptors (Lipinski definition) is 5. The highest BCUT2D eigenvalue weighted by Gasteiger charge is 2.37. The second-order valence-electron chi connectivity index (χ2n) is 7.39. The zero-order valence-corrected chi connectivity index (χ0v) is 19.8. The summed E-state index contributed by atoms with van der Waals surface area (Å²) in [7, 11) is 0. The first-order valence-corrected chi connectivity index (χ1v) is 12.0. The molecule has 1 aromatic heterocycles. The molecule has 0 spiro atoms. The summed E-state index contributed by atoms with van der Waals surface area (Å²) < 4.78 is 6.60. The predicted octanol–water partition coefficient (Wildman–Crippen LogP) is 5.80. The summed E-state index contributed by atoms with van der Waals surface area (Å²) in [6.07, 6.45) is 5.65. The molecule has 3 amide bonds. The van der Waals surface area contributed by atoms with Gasteiger partial charge in [0, 0.05) is 29.2 Å². The van der Waals surface area contributed by atoms with Crippen LogP contribution in [0, 0.1) is 0 Å². The lowest BCUT2D eigenvalue weighted by molar-refractivity contribution is -0.135. The van der Waals surface area contributed by atoms with E-state index < -0.39 is 11.1 Å². The van der Waals surface area contributed by atoms with Crippen LogP contribution >= 0.6 is 39.3 Å². The molecule has 0 aliphatic carbocycles. The molecule has 0 atom stereocenters. The quantitative estimate of drug-likeness (QED) is 0.474. The third-order valence-corrected chi connectivity index (χ3v) is 7.37. The van der Waals surface area contributed by atoms with Crippen molar-refractivity contribution in [3.05, 3.63) is 50.5 Å². The van der Waals surface area contributed by atoms with E-state index in [-0.39, 0.29) is 17.4 Å². The van der Waals surface area contributed by atoms with E-state index in [2.05, 4.69) is 15.9 Å². The Labute approximate surface area is 197 Å². The molecule has 0 saturated carbocycles. The zero-order valence-electron chi connectivity index (χ0n) is 16.6. The normalized spacial score (nSPS) is 18.7. The minimum atomic E-state index is -0.470. The van der Waals surface area contributed by atoms with Crippen LogP contribution in [0.4, 0.5) is 4.79 Å². The van der Waals surface area contributed by atoms with Crippen LogP contribution in [0.2, 0.25) is 5.02 Å². The third-order valence-electron chi connectivity index (χ3n) is 5.23. The van der Waals surface area contributed by atoms with Gasteiger partial charge in [-0.05, 0) is 64.8 Å². The van der Waals surface area contributed by atoms with Crippen LogP contribution in [0.5, 0.6) is 0 Å². The van der Waals surface area contributed by atoms with E-state index in [1.165, 1.54) is 6.08 Å². The molecule has 0 unspecified atom stereocenters. The molecular weight excluding hydrogens is 504 g/mol. The number of hydrogen-bond donors (Lipinski definition) is 0. The van der Waals surface area contributed by atoms with Crippen LogP contribution in [0.3, 0.4) is 0 Å². The SMILES string of the molecule is O=C(CN1C(=O)SC(=Cc2ccc(-c3ccc(Br)c(Cl)c3)o2)C1=O)N1CCCCCC1. The minimum Gasteiger partial charge on any atom is -0.457 e. The number of rotatable bonds is 4. The van der Waals surface area contributed by atoms with Gasteiger partial charge in [0.15, 0.2) is 0 Å². The van der Waals surface area contributed by atoms with Gasteiger partial charge in [-0.1, -0.05) is 30.5 Å². The molecule has 1 aromatic carbocycles. The Balaban J connectivity index is 1.46. The zero-order chi connectivity index (χ0) is 22.0. The maximum Gasteiger partial charge on any atom is 0.294 e. The molecule has 3 heterocycles. The number of halogens is 2. The van der Waals surface area contributed by atoms with Crippen molar-refractivity contribution >= 4 is 62.4 Å². The molecule has 0 bridgehead atoms. The molecule has 2 aliphatic heterocycles. The molecule has 162 valence electrons. The van der Waals surface area contributed by atoms with E-state index in [0.717, 1.165) is 52.4 Å². The summed E-state index contributed by atoms with van der Waals surface area (Å²) in [6, 6.07) is 8.96. The van der Waals surface area contributed by atoms with Crippen molar-refractivity contribution in [2.75, 3.05) is 19.6 Å². The number of thioether (sulfide) groups is 1. The second-order valence-corrected chi connectivity index (χ2v) is 9.65. The average molecular weight is 524 g/mol. The van der Waals surface area contributed by atoms with Crippen LogP contribution in [-0.2, 0) is 9.59 Å². The fourth-order valence-electron chi connectivity index (χ4n) is 3.56. The summed E-state index contributed by atoms with van der Waals surface area (Å²) >= 11 is 10.3. The highest BCUT2D eigenvalue weighted by molar-refractivity contribution is 9.10. The van der Waals surface area contributed by atoms with Crippen molar-refractivity contribution in [3.8, 4) is 11.3 Å². The molecular formula is C22H20BrClN2O4S. The van der Waals surface area contributed by atoms with Crippen LogP contribution in [0.1, 0.15) is 31.4 Å². The molecule has 31 heavy (non-hydrogen) atoms. The largest absolute Gasteiger partial charge is 0.457 e. The molecule has 4 rings (SSSR count). The standard InChI is InChI=1S/C22H20BrClN2O4S/c23-16-7-5-14(11-17(16)24)18-8-6-15(30-18)12-19-21(28)26(22(29)31-19)13-20(27)25-9-3-1-2-4-10-25/h5-8,11-12H,1-4,9-10,13H2. The smallest absolute Gasteiger partial charge is 0.294 e. The van der Waals surface area contributed by atoms with Crippen molar-refractivity contribution in [1.29, 1.82) is 0 Å². The fraction of sp³-hybridized carbons (Fsp3) is 0.318. The van der Waals surface area contributed by atoms with Crippen molar-refractivity contribution in [2.24, 2.45) is 0 Å². The average Bonchev–Trinajstić information content (AvgIpc) is 3.17. The first-order valence-electron chi connectivity index (χ1n) is 10.0. The Kier molecular flexibility index (Phi) is 6.89. The van der Waals surface area contributed by atoms with Crippen LogP contribution in [0.25, 0.3) is 17.4 Å². The summed E-state index contributed by atoms with van der Waals surface area (Å²) in [6.45, 7) is 1.14. The molecule has 6 nitrogen and oxygen atoms in total. The van der Waals surface area contributed by atoms with Gasteiger partial charge in [-0.2, -0.15) is 0 Å². The maximum atomic E-state index is 12.7. The van der Waals surface area contributed by atoms with Gasteiger partial charge in [-0.25, -0.2) is 0 Å². The van der Waals surface area contributed by atoms with Gasteiger partial charge < -0.3 is 9.32 Å². The topological polar surface area (TPSA) is 70.8 Å². The van der Waals surface area contributed by atoms with Crippen LogP contribution < -0.4 is 0 Å². The van der Waals surface area contributed by atoms with E-state index in [9.17, 15) is 14.4 Å². The molecule has 9 heteroatoms. The monoisotopic (exact) mass is 522 g/mol. The maximum absolute atomic E-state index is 12.7. The Bertz CT molecular complexity index is 1060. The van der Waals surface area contributed by atoms with E-state index in [1.807, 2.05) is 12.1 Å². The molecule has 0 N–H and O–H groups in total. The lowest BCUT2D eigenvalue weighted by Gasteiger charge is -2.22. The highest BCUT2D eigenvalue weighted by Crippen LogP contribution is 2.34. The van der Waals surface area contributed by atoms with E-state index in [1.54, 1.807) is 23.1 Å². The second kappa shape index (κ2) is 9.63. The van der Waals surface area contributed by atoms with E-state index in [0.29, 0.717) is 29.6 Å².